The number of hydrogen-bond donors (Lipinski definition) is 1. The van der Waals surface area contributed by atoms with Crippen molar-refractivity contribution >= 4 is 37.6 Å². The third kappa shape index (κ3) is 5.03. The van der Waals surface area contributed by atoms with Gasteiger partial charge in [-0.1, -0.05) is 12.1 Å². The Labute approximate surface area is 214 Å². The highest BCUT2D eigenvalue weighted by molar-refractivity contribution is 7.92. The molecule has 0 bridgehead atoms. The lowest BCUT2D eigenvalue weighted by Gasteiger charge is -2.23. The highest BCUT2D eigenvalue weighted by Gasteiger charge is 2.20. The minimum atomic E-state index is -3.47. The minimum Gasteiger partial charge on any atom is -0.338 e. The van der Waals surface area contributed by atoms with E-state index in [1.807, 2.05) is 37.2 Å². The van der Waals surface area contributed by atoms with E-state index in [-0.39, 0.29) is 0 Å². The van der Waals surface area contributed by atoms with Gasteiger partial charge in [0.05, 0.1) is 35.5 Å². The quantitative estimate of drug-likeness (QED) is 0.320. The van der Waals surface area contributed by atoms with Gasteiger partial charge in [-0.25, -0.2) is 17.8 Å². The molecule has 0 fully saturated rings. The molecule has 0 unspecified atom stereocenters. The van der Waals surface area contributed by atoms with Crippen molar-refractivity contribution < 1.29 is 12.8 Å². The zero-order valence-electron chi connectivity index (χ0n) is 20.8. The smallest absolute Gasteiger partial charge is 0.232 e. The summed E-state index contributed by atoms with van der Waals surface area (Å²) in [6.07, 6.45) is 8.21. The molecule has 0 aliphatic carbocycles. The van der Waals surface area contributed by atoms with E-state index in [0.717, 1.165) is 23.0 Å². The first-order valence-electron chi connectivity index (χ1n) is 11.8. The Balaban J connectivity index is 1.59. The molecule has 0 aliphatic heterocycles. The van der Waals surface area contributed by atoms with Crippen LogP contribution in [-0.4, -0.2) is 66.7 Å². The van der Waals surface area contributed by atoms with Crippen molar-refractivity contribution in [2.24, 2.45) is 0 Å². The van der Waals surface area contributed by atoms with E-state index in [9.17, 15) is 8.42 Å². The fraction of sp³-hybridized carbons (Fsp3) is 0.222. The lowest BCUT2D eigenvalue weighted by atomic mass is 10.00. The summed E-state index contributed by atoms with van der Waals surface area (Å²) < 4.78 is 41.7. The Morgan fingerprint density at radius 1 is 0.973 bits per heavy atom. The number of pyridine rings is 3. The van der Waals surface area contributed by atoms with Crippen molar-refractivity contribution in [3.05, 3.63) is 73.1 Å². The number of anilines is 1. The highest BCUT2D eigenvalue weighted by atomic mass is 32.2. The van der Waals surface area contributed by atoms with Gasteiger partial charge in [0, 0.05) is 40.8 Å². The van der Waals surface area contributed by atoms with Crippen LogP contribution in [0.3, 0.4) is 0 Å². The van der Waals surface area contributed by atoms with Gasteiger partial charge in [-0.3, -0.25) is 14.3 Å². The van der Waals surface area contributed by atoms with E-state index in [1.165, 1.54) is 16.8 Å². The fourth-order valence-electron chi connectivity index (χ4n) is 4.50. The van der Waals surface area contributed by atoms with Gasteiger partial charge in [0.2, 0.25) is 10.0 Å². The first-order valence-corrected chi connectivity index (χ1v) is 13.7. The molecule has 190 valence electrons. The summed E-state index contributed by atoms with van der Waals surface area (Å²) in [4.78, 5) is 18.2. The summed E-state index contributed by atoms with van der Waals surface area (Å²) in [5.41, 5.74) is 4.40. The number of aromatic nitrogens is 4. The van der Waals surface area contributed by atoms with Crippen molar-refractivity contribution in [1.82, 2.24) is 24.8 Å². The van der Waals surface area contributed by atoms with Gasteiger partial charge >= 0.3 is 0 Å². The normalized spacial score (nSPS) is 12.0. The van der Waals surface area contributed by atoms with Gasteiger partial charge in [0.1, 0.15) is 11.5 Å². The van der Waals surface area contributed by atoms with Crippen LogP contribution in [0.2, 0.25) is 0 Å². The number of hydrogen-bond acceptors (Lipinski definition) is 6. The monoisotopic (exact) mass is 518 g/mol. The maximum atomic E-state index is 15.3. The molecule has 4 aromatic heterocycles. The molecule has 5 rings (SSSR count). The van der Waals surface area contributed by atoms with E-state index in [1.54, 1.807) is 42.9 Å². The first kappa shape index (κ1) is 24.8. The molecular weight excluding hydrogens is 491 g/mol. The first-order chi connectivity index (χ1) is 17.7. The number of aromatic amines is 1. The standard InChI is InChI=1S/C27H27FN6O2S/c1-33(2)12-5-13-34(37(3,35)36)20-9-7-18(8-10-20)25-22(28)16-31-27-26(25)21-14-23(30-17-24(21)32-27)19-6-4-11-29-15-19/h4,6-11,14-17H,5,12-13H2,1-3H3,(H,31,32). The van der Waals surface area contributed by atoms with Crippen molar-refractivity contribution in [2.45, 2.75) is 6.42 Å². The second kappa shape index (κ2) is 9.87. The molecular formula is C27H27FN6O2S. The number of halogens is 1. The van der Waals surface area contributed by atoms with Crippen molar-refractivity contribution in [1.29, 1.82) is 0 Å². The Kier molecular flexibility index (Phi) is 6.61. The van der Waals surface area contributed by atoms with Crippen LogP contribution in [0.25, 0.3) is 44.3 Å². The van der Waals surface area contributed by atoms with Crippen LogP contribution < -0.4 is 4.31 Å². The maximum absolute atomic E-state index is 15.3. The van der Waals surface area contributed by atoms with Crippen LogP contribution in [-0.2, 0) is 10.0 Å². The number of nitrogens with zero attached hydrogens (tertiary/aromatic N) is 5. The summed E-state index contributed by atoms with van der Waals surface area (Å²) in [5, 5.41) is 1.43. The molecule has 37 heavy (non-hydrogen) atoms. The predicted molar refractivity (Wildman–Crippen MR) is 145 cm³/mol. The van der Waals surface area contributed by atoms with Gasteiger partial charge in [-0.05, 0) is 63.0 Å². The van der Waals surface area contributed by atoms with Gasteiger partial charge in [-0.15, -0.1) is 0 Å². The van der Waals surface area contributed by atoms with Gasteiger partial charge < -0.3 is 9.88 Å². The Hall–Kier alpha value is -3.89. The van der Waals surface area contributed by atoms with Gasteiger partial charge in [0.25, 0.3) is 0 Å². The van der Waals surface area contributed by atoms with E-state index in [4.69, 9.17) is 0 Å². The molecule has 1 N–H and O–H groups in total. The lowest BCUT2D eigenvalue weighted by molar-refractivity contribution is 0.403. The maximum Gasteiger partial charge on any atom is 0.232 e. The summed E-state index contributed by atoms with van der Waals surface area (Å²) in [6.45, 7) is 1.12. The van der Waals surface area contributed by atoms with Crippen LogP contribution >= 0.6 is 0 Å². The van der Waals surface area contributed by atoms with E-state index in [0.29, 0.717) is 46.5 Å². The largest absolute Gasteiger partial charge is 0.338 e. The van der Waals surface area contributed by atoms with Gasteiger partial charge in [0.15, 0.2) is 0 Å². The molecule has 4 heterocycles. The lowest BCUT2D eigenvalue weighted by Crippen LogP contribution is -2.32. The molecule has 8 nitrogen and oxygen atoms in total. The molecule has 0 saturated heterocycles. The van der Waals surface area contributed by atoms with Crippen LogP contribution in [0.15, 0.2) is 67.3 Å². The number of nitrogens with one attached hydrogen (secondary N) is 1. The summed E-state index contributed by atoms with van der Waals surface area (Å²) in [7, 11) is 0.423. The van der Waals surface area contributed by atoms with E-state index >= 15 is 4.39 Å². The number of rotatable bonds is 8. The Morgan fingerprint density at radius 2 is 1.76 bits per heavy atom. The molecule has 0 saturated carbocycles. The number of fused-ring (bicyclic) bond motifs is 3. The predicted octanol–water partition coefficient (Wildman–Crippen LogP) is 4.70. The number of H-pyrrole nitrogens is 1. The molecule has 0 amide bonds. The number of sulfonamides is 1. The number of benzene rings is 1. The topological polar surface area (TPSA) is 95.1 Å². The molecule has 10 heteroatoms. The van der Waals surface area contributed by atoms with Crippen LogP contribution in [0.1, 0.15) is 6.42 Å². The Morgan fingerprint density at radius 3 is 2.43 bits per heavy atom. The van der Waals surface area contributed by atoms with E-state index < -0.39 is 15.8 Å². The summed E-state index contributed by atoms with van der Waals surface area (Å²) >= 11 is 0. The summed E-state index contributed by atoms with van der Waals surface area (Å²) in [5.74, 6) is -0.466. The third-order valence-corrected chi connectivity index (χ3v) is 7.42. The molecule has 0 radical (unpaired) electrons. The molecule has 0 atom stereocenters. The molecule has 0 spiro atoms. The SMILES string of the molecule is CN(C)CCCN(c1ccc(-c2c(F)cnc3[nH]c4cnc(-c5cccnc5)cc4c23)cc1)S(C)(=O)=O. The molecule has 5 aromatic rings. The zero-order chi connectivity index (χ0) is 26.2. The average Bonchev–Trinajstić information content (AvgIpc) is 3.24. The van der Waals surface area contributed by atoms with Crippen LogP contribution in [0.5, 0.6) is 0 Å². The summed E-state index contributed by atoms with van der Waals surface area (Å²) in [6, 6.07) is 12.6. The Bertz CT molecular complexity index is 1670. The zero-order valence-corrected chi connectivity index (χ0v) is 21.6. The van der Waals surface area contributed by atoms with Crippen molar-refractivity contribution in [3.63, 3.8) is 0 Å². The van der Waals surface area contributed by atoms with Crippen molar-refractivity contribution in [2.75, 3.05) is 37.7 Å². The van der Waals surface area contributed by atoms with Gasteiger partial charge in [-0.2, -0.15) is 0 Å². The average molecular weight is 519 g/mol. The van der Waals surface area contributed by atoms with Crippen LogP contribution in [0, 0.1) is 5.82 Å². The van der Waals surface area contributed by atoms with E-state index in [2.05, 4.69) is 19.9 Å². The second-order valence-corrected chi connectivity index (χ2v) is 11.1. The molecule has 0 aliphatic rings. The minimum absolute atomic E-state index is 0.358. The van der Waals surface area contributed by atoms with Crippen molar-refractivity contribution in [3.8, 4) is 22.4 Å². The molecule has 1 aromatic carbocycles. The highest BCUT2D eigenvalue weighted by Crippen LogP contribution is 2.37. The fourth-order valence-corrected chi connectivity index (χ4v) is 5.47. The van der Waals surface area contributed by atoms with Crippen LogP contribution in [0.4, 0.5) is 10.1 Å². The second-order valence-electron chi connectivity index (χ2n) is 9.23. The third-order valence-electron chi connectivity index (χ3n) is 6.23.